The smallest absolute Gasteiger partial charge is 0.161 e. The van der Waals surface area contributed by atoms with Crippen molar-refractivity contribution in [2.24, 2.45) is 0 Å². The zero-order valence-electron chi connectivity index (χ0n) is 12.0. The van der Waals surface area contributed by atoms with Gasteiger partial charge in [0.15, 0.2) is 5.78 Å². The van der Waals surface area contributed by atoms with Gasteiger partial charge in [-0.3, -0.25) is 4.79 Å². The number of ketones is 1. The van der Waals surface area contributed by atoms with Gasteiger partial charge in [0, 0.05) is 17.8 Å². The van der Waals surface area contributed by atoms with Crippen molar-refractivity contribution in [3.05, 3.63) is 29.3 Å². The molecule has 4 nitrogen and oxygen atoms in total. The predicted molar refractivity (Wildman–Crippen MR) is 76.7 cm³/mol. The van der Waals surface area contributed by atoms with Crippen LogP contribution in [-0.2, 0) is 5.41 Å². The topological polar surface area (TPSA) is 69.6 Å². The van der Waals surface area contributed by atoms with Gasteiger partial charge in [0.1, 0.15) is 0 Å². The van der Waals surface area contributed by atoms with Crippen molar-refractivity contribution in [2.45, 2.75) is 39.2 Å². The van der Waals surface area contributed by atoms with E-state index >= 15 is 0 Å². The zero-order valence-corrected chi connectivity index (χ0v) is 12.0. The van der Waals surface area contributed by atoms with E-state index in [9.17, 15) is 9.90 Å². The molecule has 0 spiro atoms. The molecule has 0 aliphatic rings. The molecular weight excluding hydrogens is 242 g/mol. The van der Waals surface area contributed by atoms with Crippen LogP contribution in [-0.4, -0.2) is 35.3 Å². The monoisotopic (exact) mass is 265 g/mol. The fourth-order valence-corrected chi connectivity index (χ4v) is 1.76. The van der Waals surface area contributed by atoms with Crippen molar-refractivity contribution < 1.29 is 15.0 Å². The number of carbonyl (C=O) groups is 1. The van der Waals surface area contributed by atoms with E-state index in [1.165, 1.54) is 6.92 Å². The number of aliphatic hydroxyl groups is 2. The van der Waals surface area contributed by atoms with Gasteiger partial charge in [-0.2, -0.15) is 0 Å². The minimum atomic E-state index is -0.835. The number of hydrogen-bond donors (Lipinski definition) is 3. The molecule has 0 amide bonds. The van der Waals surface area contributed by atoms with Gasteiger partial charge >= 0.3 is 0 Å². The summed E-state index contributed by atoms with van der Waals surface area (Å²) in [7, 11) is 0. The summed E-state index contributed by atoms with van der Waals surface area (Å²) in [6, 6.07) is 5.68. The third-order valence-corrected chi connectivity index (χ3v) is 3.00. The largest absolute Gasteiger partial charge is 0.394 e. The van der Waals surface area contributed by atoms with Crippen LogP contribution in [0, 0.1) is 0 Å². The van der Waals surface area contributed by atoms with Crippen molar-refractivity contribution in [1.29, 1.82) is 0 Å². The maximum absolute atomic E-state index is 11.6. The van der Waals surface area contributed by atoms with Gasteiger partial charge < -0.3 is 15.5 Å². The summed E-state index contributed by atoms with van der Waals surface area (Å²) in [5, 5.41) is 21.2. The summed E-state index contributed by atoms with van der Waals surface area (Å²) in [5.74, 6) is -0.0264. The molecule has 0 bridgehead atoms. The molecule has 1 aromatic rings. The molecular formula is C15H23NO3. The lowest BCUT2D eigenvalue weighted by atomic mass is 9.86. The minimum absolute atomic E-state index is 0.0126. The first kappa shape index (κ1) is 15.7. The average Bonchev–Trinajstić information content (AvgIpc) is 2.34. The number of benzene rings is 1. The lowest BCUT2D eigenvalue weighted by molar-refractivity contribution is 0.101. The first-order valence-electron chi connectivity index (χ1n) is 6.44. The predicted octanol–water partition coefficient (Wildman–Crippen LogP) is 1.95. The van der Waals surface area contributed by atoms with E-state index in [-0.39, 0.29) is 24.3 Å². The Morgan fingerprint density at radius 1 is 1.37 bits per heavy atom. The highest BCUT2D eigenvalue weighted by molar-refractivity contribution is 5.99. The van der Waals surface area contributed by atoms with Crippen LogP contribution in [0.15, 0.2) is 18.2 Å². The average molecular weight is 265 g/mol. The maximum Gasteiger partial charge on any atom is 0.161 e. The standard InChI is InChI=1S/C15H23NO3/c1-10(18)13-6-5-11(15(2,3)4)7-14(13)16-8-12(19)9-17/h5-7,12,16-17,19H,8-9H2,1-4H3. The van der Waals surface area contributed by atoms with Crippen LogP contribution >= 0.6 is 0 Å². The summed E-state index contributed by atoms with van der Waals surface area (Å²) in [6.45, 7) is 7.72. The molecule has 0 saturated heterocycles. The Morgan fingerprint density at radius 3 is 2.47 bits per heavy atom. The Balaban J connectivity index is 3.06. The lowest BCUT2D eigenvalue weighted by Crippen LogP contribution is -2.24. The van der Waals surface area contributed by atoms with Crippen molar-refractivity contribution in [3.63, 3.8) is 0 Å². The Labute approximate surface area is 114 Å². The Kier molecular flexibility index (Phi) is 5.09. The van der Waals surface area contributed by atoms with Gasteiger partial charge in [0.05, 0.1) is 12.7 Å². The maximum atomic E-state index is 11.6. The summed E-state index contributed by atoms with van der Waals surface area (Å²) in [6.07, 6.45) is -0.835. The molecule has 1 aromatic carbocycles. The number of rotatable bonds is 5. The van der Waals surface area contributed by atoms with E-state index in [0.29, 0.717) is 11.3 Å². The number of anilines is 1. The van der Waals surface area contributed by atoms with Gasteiger partial charge in [-0.25, -0.2) is 0 Å². The quantitative estimate of drug-likeness (QED) is 0.712. The molecule has 0 aliphatic heterocycles. The molecule has 1 unspecified atom stereocenters. The number of hydrogen-bond acceptors (Lipinski definition) is 4. The number of nitrogens with one attached hydrogen (secondary N) is 1. The molecule has 0 heterocycles. The normalized spacial score (nSPS) is 13.2. The first-order valence-corrected chi connectivity index (χ1v) is 6.44. The summed E-state index contributed by atoms with van der Waals surface area (Å²) >= 11 is 0. The van der Waals surface area contributed by atoms with Crippen molar-refractivity contribution in [1.82, 2.24) is 0 Å². The molecule has 0 saturated carbocycles. The minimum Gasteiger partial charge on any atom is -0.394 e. The van der Waals surface area contributed by atoms with Gasteiger partial charge in [-0.1, -0.05) is 26.8 Å². The van der Waals surface area contributed by atoms with Crippen LogP contribution in [0.5, 0.6) is 0 Å². The van der Waals surface area contributed by atoms with Crippen LogP contribution < -0.4 is 5.32 Å². The highest BCUT2D eigenvalue weighted by atomic mass is 16.3. The summed E-state index contributed by atoms with van der Waals surface area (Å²) < 4.78 is 0. The third-order valence-electron chi connectivity index (χ3n) is 3.00. The molecule has 0 radical (unpaired) electrons. The third kappa shape index (κ3) is 4.33. The van der Waals surface area contributed by atoms with Crippen molar-refractivity contribution >= 4 is 11.5 Å². The van der Waals surface area contributed by atoms with Gasteiger partial charge in [-0.15, -0.1) is 0 Å². The second-order valence-corrected chi connectivity index (χ2v) is 5.78. The van der Waals surface area contributed by atoms with Crippen LogP contribution in [0.4, 0.5) is 5.69 Å². The van der Waals surface area contributed by atoms with Crippen LogP contribution in [0.2, 0.25) is 0 Å². The molecule has 3 N–H and O–H groups in total. The number of Topliss-reactive ketones (excluding diaryl/α,β-unsaturated/α-hetero) is 1. The molecule has 0 aliphatic carbocycles. The Hall–Kier alpha value is -1.39. The van der Waals surface area contributed by atoms with Gasteiger partial charge in [0.25, 0.3) is 0 Å². The van der Waals surface area contributed by atoms with Crippen LogP contribution in [0.3, 0.4) is 0 Å². The summed E-state index contributed by atoms with van der Waals surface area (Å²) in [4.78, 5) is 11.6. The fourth-order valence-electron chi connectivity index (χ4n) is 1.76. The highest BCUT2D eigenvalue weighted by Crippen LogP contribution is 2.27. The number of aliphatic hydroxyl groups excluding tert-OH is 2. The van der Waals surface area contributed by atoms with E-state index in [2.05, 4.69) is 26.1 Å². The fraction of sp³-hybridized carbons (Fsp3) is 0.533. The van der Waals surface area contributed by atoms with Gasteiger partial charge in [0.2, 0.25) is 0 Å². The SMILES string of the molecule is CC(=O)c1ccc(C(C)(C)C)cc1NCC(O)CO. The second kappa shape index (κ2) is 6.17. The molecule has 0 aromatic heterocycles. The van der Waals surface area contributed by atoms with Crippen molar-refractivity contribution in [3.8, 4) is 0 Å². The van der Waals surface area contributed by atoms with E-state index in [1.54, 1.807) is 6.07 Å². The Bertz CT molecular complexity index is 449. The van der Waals surface area contributed by atoms with E-state index in [0.717, 1.165) is 5.56 Å². The van der Waals surface area contributed by atoms with E-state index < -0.39 is 6.10 Å². The zero-order chi connectivity index (χ0) is 14.6. The highest BCUT2D eigenvalue weighted by Gasteiger charge is 2.17. The molecule has 0 fully saturated rings. The molecule has 106 valence electrons. The van der Waals surface area contributed by atoms with Gasteiger partial charge in [-0.05, 0) is 30.0 Å². The lowest BCUT2D eigenvalue weighted by Gasteiger charge is -2.22. The molecule has 1 rings (SSSR count). The van der Waals surface area contributed by atoms with E-state index in [4.69, 9.17) is 5.11 Å². The number of carbonyl (C=O) groups excluding carboxylic acids is 1. The van der Waals surface area contributed by atoms with Crippen LogP contribution in [0.25, 0.3) is 0 Å². The van der Waals surface area contributed by atoms with Crippen molar-refractivity contribution in [2.75, 3.05) is 18.5 Å². The molecule has 1 atom stereocenters. The molecule has 19 heavy (non-hydrogen) atoms. The Morgan fingerprint density at radius 2 is 2.00 bits per heavy atom. The molecule has 4 heteroatoms. The summed E-state index contributed by atoms with van der Waals surface area (Å²) in [5.41, 5.74) is 2.39. The van der Waals surface area contributed by atoms with E-state index in [1.807, 2.05) is 12.1 Å². The second-order valence-electron chi connectivity index (χ2n) is 5.78. The first-order chi connectivity index (χ1) is 8.75. The van der Waals surface area contributed by atoms with Crippen LogP contribution in [0.1, 0.15) is 43.6 Å².